The maximum absolute atomic E-state index is 5.59. The number of aryl methyl sites for hydroxylation is 1. The van der Waals surface area contributed by atoms with Crippen LogP contribution in [0.4, 0.5) is 5.82 Å². The molecular formula is C16H20BrN3O. The predicted octanol–water partition coefficient (Wildman–Crippen LogP) is 3.30. The molecule has 1 aliphatic rings. The largest absolute Gasteiger partial charge is 0.380 e. The lowest BCUT2D eigenvalue weighted by atomic mass is 10.2. The lowest BCUT2D eigenvalue weighted by molar-refractivity contribution is 0.152. The highest BCUT2D eigenvalue weighted by atomic mass is 79.9. The lowest BCUT2D eigenvalue weighted by Crippen LogP contribution is -2.29. The van der Waals surface area contributed by atoms with Gasteiger partial charge in [0.05, 0.1) is 18.0 Å². The molecule has 0 radical (unpaired) electrons. The first-order chi connectivity index (χ1) is 10.3. The molecule has 0 saturated carbocycles. The van der Waals surface area contributed by atoms with Crippen LogP contribution in [0.3, 0.4) is 0 Å². The quantitative estimate of drug-likeness (QED) is 0.796. The van der Waals surface area contributed by atoms with E-state index >= 15 is 0 Å². The number of para-hydroxylation sites is 1. The molecule has 21 heavy (non-hydrogen) atoms. The molecule has 112 valence electrons. The molecule has 1 aromatic heterocycles. The van der Waals surface area contributed by atoms with Crippen molar-refractivity contribution >= 4 is 21.7 Å². The Bertz CT molecular complexity index is 589. The zero-order valence-corrected chi connectivity index (χ0v) is 13.8. The first-order valence-electron chi connectivity index (χ1n) is 7.34. The van der Waals surface area contributed by atoms with Gasteiger partial charge in [0.1, 0.15) is 5.82 Å². The SMILES string of the molecule is Cc1nn(-c2ccccc2)c(N2CCCOCC2)c1CBr. The van der Waals surface area contributed by atoms with E-state index in [1.54, 1.807) is 0 Å². The molecule has 0 aliphatic carbocycles. The molecule has 0 atom stereocenters. The highest BCUT2D eigenvalue weighted by molar-refractivity contribution is 9.08. The van der Waals surface area contributed by atoms with Crippen molar-refractivity contribution < 1.29 is 4.74 Å². The summed E-state index contributed by atoms with van der Waals surface area (Å²) in [4.78, 5) is 2.40. The zero-order valence-electron chi connectivity index (χ0n) is 12.3. The van der Waals surface area contributed by atoms with Crippen molar-refractivity contribution in [2.45, 2.75) is 18.7 Å². The maximum Gasteiger partial charge on any atom is 0.136 e. The smallest absolute Gasteiger partial charge is 0.136 e. The van der Waals surface area contributed by atoms with Gasteiger partial charge >= 0.3 is 0 Å². The van der Waals surface area contributed by atoms with Gasteiger partial charge in [-0.2, -0.15) is 5.10 Å². The van der Waals surface area contributed by atoms with Crippen molar-refractivity contribution in [2.24, 2.45) is 0 Å². The minimum atomic E-state index is 0.779. The Hall–Kier alpha value is -1.33. The van der Waals surface area contributed by atoms with Crippen molar-refractivity contribution in [3.63, 3.8) is 0 Å². The highest BCUT2D eigenvalue weighted by Gasteiger charge is 2.22. The number of nitrogens with zero attached hydrogens (tertiary/aromatic N) is 3. The van der Waals surface area contributed by atoms with E-state index in [2.05, 4.69) is 56.7 Å². The molecule has 4 nitrogen and oxygen atoms in total. The van der Waals surface area contributed by atoms with Crippen LogP contribution in [0.25, 0.3) is 5.69 Å². The molecule has 2 aromatic rings. The third kappa shape index (κ3) is 2.99. The van der Waals surface area contributed by atoms with Gasteiger partial charge < -0.3 is 9.64 Å². The van der Waals surface area contributed by atoms with Gasteiger partial charge in [-0.25, -0.2) is 4.68 Å². The van der Waals surface area contributed by atoms with E-state index in [0.29, 0.717) is 0 Å². The molecule has 0 amide bonds. The monoisotopic (exact) mass is 349 g/mol. The van der Waals surface area contributed by atoms with Crippen molar-refractivity contribution in [1.29, 1.82) is 0 Å². The maximum atomic E-state index is 5.59. The minimum absolute atomic E-state index is 0.779. The van der Waals surface area contributed by atoms with Crippen LogP contribution in [0.5, 0.6) is 0 Å². The van der Waals surface area contributed by atoms with E-state index in [4.69, 9.17) is 9.84 Å². The molecule has 0 unspecified atom stereocenters. The molecule has 1 fully saturated rings. The van der Waals surface area contributed by atoms with E-state index < -0.39 is 0 Å². The Morgan fingerprint density at radius 3 is 2.76 bits per heavy atom. The molecule has 2 heterocycles. The van der Waals surface area contributed by atoms with Crippen LogP contribution in [0.2, 0.25) is 0 Å². The second kappa shape index (κ2) is 6.62. The molecule has 0 N–H and O–H groups in total. The number of rotatable bonds is 3. The number of hydrogen-bond donors (Lipinski definition) is 0. The number of benzene rings is 1. The molecule has 3 rings (SSSR count). The topological polar surface area (TPSA) is 30.3 Å². The third-order valence-electron chi connectivity index (χ3n) is 3.81. The third-order valence-corrected chi connectivity index (χ3v) is 4.37. The van der Waals surface area contributed by atoms with E-state index in [1.807, 2.05) is 6.07 Å². The van der Waals surface area contributed by atoms with E-state index in [9.17, 15) is 0 Å². The van der Waals surface area contributed by atoms with Crippen LogP contribution in [0.15, 0.2) is 30.3 Å². The number of alkyl halides is 1. The standard InChI is InChI=1S/C16H20BrN3O/c1-13-15(12-17)16(19-8-5-10-21-11-9-19)20(18-13)14-6-3-2-4-7-14/h2-4,6-7H,5,8-12H2,1H3. The summed E-state index contributed by atoms with van der Waals surface area (Å²) in [6, 6.07) is 10.3. The van der Waals surface area contributed by atoms with Gasteiger partial charge in [0.25, 0.3) is 0 Å². The fraction of sp³-hybridized carbons (Fsp3) is 0.438. The summed E-state index contributed by atoms with van der Waals surface area (Å²) in [5.74, 6) is 1.20. The Morgan fingerprint density at radius 2 is 2.00 bits per heavy atom. The summed E-state index contributed by atoms with van der Waals surface area (Å²) >= 11 is 3.62. The van der Waals surface area contributed by atoms with Crippen LogP contribution in [-0.4, -0.2) is 36.1 Å². The number of anilines is 1. The van der Waals surface area contributed by atoms with Crippen LogP contribution < -0.4 is 4.90 Å². The molecule has 0 spiro atoms. The summed E-state index contributed by atoms with van der Waals surface area (Å²) in [5.41, 5.74) is 3.45. The van der Waals surface area contributed by atoms with Crippen molar-refractivity contribution in [3.8, 4) is 5.69 Å². The molecule has 5 heteroatoms. The van der Waals surface area contributed by atoms with Gasteiger partial charge in [-0.05, 0) is 25.5 Å². The summed E-state index contributed by atoms with van der Waals surface area (Å²) in [6.07, 6.45) is 1.06. The van der Waals surface area contributed by atoms with Crippen LogP contribution in [-0.2, 0) is 10.1 Å². The van der Waals surface area contributed by atoms with Crippen molar-refractivity contribution in [1.82, 2.24) is 9.78 Å². The first-order valence-corrected chi connectivity index (χ1v) is 8.46. The lowest BCUT2D eigenvalue weighted by Gasteiger charge is -2.24. The number of halogens is 1. The Labute approximate surface area is 133 Å². The zero-order chi connectivity index (χ0) is 14.7. The van der Waals surface area contributed by atoms with E-state index in [1.165, 1.54) is 11.4 Å². The molecule has 1 aromatic carbocycles. The van der Waals surface area contributed by atoms with Gasteiger partial charge in [0.2, 0.25) is 0 Å². The van der Waals surface area contributed by atoms with Crippen LogP contribution >= 0.6 is 15.9 Å². The van der Waals surface area contributed by atoms with Gasteiger partial charge in [-0.3, -0.25) is 0 Å². The van der Waals surface area contributed by atoms with Crippen molar-refractivity contribution in [3.05, 3.63) is 41.6 Å². The van der Waals surface area contributed by atoms with Crippen molar-refractivity contribution in [2.75, 3.05) is 31.2 Å². The van der Waals surface area contributed by atoms with Gasteiger partial charge in [0.15, 0.2) is 0 Å². The number of aromatic nitrogens is 2. The van der Waals surface area contributed by atoms with Gasteiger partial charge in [0, 0.05) is 30.6 Å². The van der Waals surface area contributed by atoms with Gasteiger partial charge in [-0.15, -0.1) is 0 Å². The molecule has 1 aliphatic heterocycles. The fourth-order valence-corrected chi connectivity index (χ4v) is 3.39. The minimum Gasteiger partial charge on any atom is -0.380 e. The van der Waals surface area contributed by atoms with E-state index in [-0.39, 0.29) is 0 Å². The Morgan fingerprint density at radius 1 is 1.19 bits per heavy atom. The average molecular weight is 350 g/mol. The molecule has 1 saturated heterocycles. The Kier molecular flexibility index (Phi) is 4.60. The van der Waals surface area contributed by atoms with Crippen LogP contribution in [0, 0.1) is 6.92 Å². The number of hydrogen-bond acceptors (Lipinski definition) is 3. The number of ether oxygens (including phenoxy) is 1. The summed E-state index contributed by atoms with van der Waals surface area (Å²) in [5, 5.41) is 5.58. The Balaban J connectivity index is 2.07. The van der Waals surface area contributed by atoms with Gasteiger partial charge in [-0.1, -0.05) is 34.1 Å². The van der Waals surface area contributed by atoms with Crippen LogP contribution in [0.1, 0.15) is 17.7 Å². The first kappa shape index (κ1) is 14.6. The second-order valence-corrected chi connectivity index (χ2v) is 5.78. The molecular weight excluding hydrogens is 330 g/mol. The summed E-state index contributed by atoms with van der Waals surface area (Å²) < 4.78 is 7.66. The highest BCUT2D eigenvalue weighted by Crippen LogP contribution is 2.29. The summed E-state index contributed by atoms with van der Waals surface area (Å²) in [6.45, 7) is 5.63. The second-order valence-electron chi connectivity index (χ2n) is 5.22. The van der Waals surface area contributed by atoms with E-state index in [0.717, 1.165) is 49.4 Å². The molecule has 0 bridgehead atoms. The summed E-state index contributed by atoms with van der Waals surface area (Å²) in [7, 11) is 0. The predicted molar refractivity (Wildman–Crippen MR) is 88.6 cm³/mol. The normalized spacial score (nSPS) is 16.0. The average Bonchev–Trinajstić information content (AvgIpc) is 2.69. The fourth-order valence-electron chi connectivity index (χ4n) is 2.74.